The molecule has 8 heteroatoms. The largest absolute Gasteiger partial charge is 0.459 e. The van der Waals surface area contributed by atoms with E-state index in [2.05, 4.69) is 27.4 Å². The molecule has 3 aromatic rings. The lowest BCUT2D eigenvalue weighted by Crippen LogP contribution is -2.11. The van der Waals surface area contributed by atoms with Crippen molar-refractivity contribution in [3.05, 3.63) is 33.5 Å². The van der Waals surface area contributed by atoms with Crippen LogP contribution >= 0.6 is 22.7 Å². The van der Waals surface area contributed by atoms with Crippen LogP contribution < -0.4 is 5.32 Å². The van der Waals surface area contributed by atoms with Gasteiger partial charge >= 0.3 is 0 Å². The van der Waals surface area contributed by atoms with Crippen molar-refractivity contribution in [2.24, 2.45) is 0 Å². The number of nitrogens with zero attached hydrogens (tertiary/aromatic N) is 3. The minimum absolute atomic E-state index is 0.208. The van der Waals surface area contributed by atoms with E-state index in [0.717, 1.165) is 23.6 Å². The second-order valence-corrected chi connectivity index (χ2v) is 7.82. The van der Waals surface area contributed by atoms with Gasteiger partial charge in [0.1, 0.15) is 15.6 Å². The first-order chi connectivity index (χ1) is 12.1. The molecular formula is C17H20N4O2S2. The first-order valence-corrected chi connectivity index (χ1v) is 9.88. The number of furan rings is 1. The zero-order chi connectivity index (χ0) is 17.8. The van der Waals surface area contributed by atoms with Crippen molar-refractivity contribution in [2.45, 2.75) is 46.5 Å². The Balaban J connectivity index is 1.68. The average Bonchev–Trinajstić information content (AvgIpc) is 3.28. The van der Waals surface area contributed by atoms with Gasteiger partial charge in [-0.05, 0) is 32.4 Å². The number of rotatable bonds is 7. The van der Waals surface area contributed by atoms with Gasteiger partial charge in [-0.25, -0.2) is 4.98 Å². The number of anilines is 1. The highest BCUT2D eigenvalue weighted by Crippen LogP contribution is 2.30. The molecule has 0 unspecified atom stereocenters. The Labute approximate surface area is 154 Å². The molecule has 0 saturated carbocycles. The monoisotopic (exact) mass is 376 g/mol. The van der Waals surface area contributed by atoms with Gasteiger partial charge in [-0.3, -0.25) is 10.1 Å². The van der Waals surface area contributed by atoms with Gasteiger partial charge in [0.25, 0.3) is 5.91 Å². The average molecular weight is 377 g/mol. The maximum Gasteiger partial charge on any atom is 0.269 e. The number of hydrogen-bond acceptors (Lipinski definition) is 7. The Morgan fingerprint density at radius 3 is 2.76 bits per heavy atom. The molecule has 0 atom stereocenters. The van der Waals surface area contributed by atoms with Crippen molar-refractivity contribution in [1.82, 2.24) is 15.2 Å². The molecule has 0 aromatic carbocycles. The highest BCUT2D eigenvalue weighted by molar-refractivity contribution is 7.17. The lowest BCUT2D eigenvalue weighted by Gasteiger charge is -1.98. The van der Waals surface area contributed by atoms with Crippen LogP contribution in [-0.4, -0.2) is 21.1 Å². The topological polar surface area (TPSA) is 80.9 Å². The molecule has 3 rings (SSSR count). The van der Waals surface area contributed by atoms with Crippen LogP contribution in [-0.2, 0) is 6.42 Å². The predicted molar refractivity (Wildman–Crippen MR) is 100 cm³/mol. The van der Waals surface area contributed by atoms with Crippen molar-refractivity contribution in [2.75, 3.05) is 5.32 Å². The van der Waals surface area contributed by atoms with E-state index in [9.17, 15) is 4.79 Å². The fourth-order valence-electron chi connectivity index (χ4n) is 2.35. The van der Waals surface area contributed by atoms with E-state index in [1.165, 1.54) is 35.5 Å². The van der Waals surface area contributed by atoms with Gasteiger partial charge in [0, 0.05) is 6.42 Å². The summed E-state index contributed by atoms with van der Waals surface area (Å²) >= 11 is 2.75. The Bertz CT molecular complexity index is 866. The molecule has 25 heavy (non-hydrogen) atoms. The molecule has 3 heterocycles. The van der Waals surface area contributed by atoms with E-state index in [1.54, 1.807) is 0 Å². The van der Waals surface area contributed by atoms with Gasteiger partial charge < -0.3 is 4.42 Å². The van der Waals surface area contributed by atoms with E-state index in [-0.39, 0.29) is 5.91 Å². The fourth-order valence-corrected chi connectivity index (χ4v) is 4.05. The van der Waals surface area contributed by atoms with E-state index >= 15 is 0 Å². The maximum atomic E-state index is 12.5. The number of nitrogens with one attached hydrogen (secondary N) is 1. The molecule has 0 spiro atoms. The quantitative estimate of drug-likeness (QED) is 0.596. The van der Waals surface area contributed by atoms with Crippen LogP contribution in [0.25, 0.3) is 10.8 Å². The summed E-state index contributed by atoms with van der Waals surface area (Å²) in [6.07, 6.45) is 4.35. The number of unbranched alkanes of at least 4 members (excludes halogenated alkanes) is 2. The lowest BCUT2D eigenvalue weighted by molar-refractivity contribution is 0.102. The molecule has 1 N–H and O–H groups in total. The molecule has 0 fully saturated rings. The van der Waals surface area contributed by atoms with Crippen LogP contribution in [0.5, 0.6) is 0 Å². The van der Waals surface area contributed by atoms with Crippen LogP contribution in [0.4, 0.5) is 5.13 Å². The molecule has 0 aliphatic rings. The summed E-state index contributed by atoms with van der Waals surface area (Å²) < 4.78 is 5.58. The molecular weight excluding hydrogens is 356 g/mol. The summed E-state index contributed by atoms with van der Waals surface area (Å²) in [5.41, 5.74) is 0.680. The molecule has 0 radical (unpaired) electrons. The van der Waals surface area contributed by atoms with Crippen molar-refractivity contribution in [3.8, 4) is 10.8 Å². The molecule has 0 aliphatic heterocycles. The van der Waals surface area contributed by atoms with Gasteiger partial charge in [0.05, 0.1) is 5.69 Å². The lowest BCUT2D eigenvalue weighted by atomic mass is 10.2. The van der Waals surface area contributed by atoms with Gasteiger partial charge in [0.15, 0.2) is 10.8 Å². The van der Waals surface area contributed by atoms with Crippen molar-refractivity contribution in [1.29, 1.82) is 0 Å². The number of aryl methyl sites for hydroxylation is 3. The summed E-state index contributed by atoms with van der Waals surface area (Å²) in [7, 11) is 0. The highest BCUT2D eigenvalue weighted by atomic mass is 32.1. The van der Waals surface area contributed by atoms with Gasteiger partial charge in [-0.1, -0.05) is 31.1 Å². The first kappa shape index (κ1) is 17.8. The minimum Gasteiger partial charge on any atom is -0.459 e. The normalized spacial score (nSPS) is 11.0. The van der Waals surface area contributed by atoms with Crippen LogP contribution in [0.1, 0.15) is 52.3 Å². The number of thiazole rings is 1. The van der Waals surface area contributed by atoms with Crippen LogP contribution in [0.3, 0.4) is 0 Å². The third-order valence-electron chi connectivity index (χ3n) is 3.64. The summed E-state index contributed by atoms with van der Waals surface area (Å²) in [6.45, 7) is 5.87. The Kier molecular flexibility index (Phi) is 5.60. The van der Waals surface area contributed by atoms with Gasteiger partial charge in [-0.2, -0.15) is 0 Å². The smallest absolute Gasteiger partial charge is 0.269 e. The fraction of sp³-hybridized carbons (Fsp3) is 0.412. The highest BCUT2D eigenvalue weighted by Gasteiger charge is 2.19. The number of amides is 1. The second-order valence-electron chi connectivity index (χ2n) is 5.76. The van der Waals surface area contributed by atoms with Crippen molar-refractivity contribution < 1.29 is 9.21 Å². The summed E-state index contributed by atoms with van der Waals surface area (Å²) in [6, 6.07) is 3.75. The summed E-state index contributed by atoms with van der Waals surface area (Å²) in [5.74, 6) is 1.29. The molecule has 0 saturated heterocycles. The minimum atomic E-state index is -0.208. The Morgan fingerprint density at radius 1 is 1.20 bits per heavy atom. The van der Waals surface area contributed by atoms with Crippen LogP contribution in [0.15, 0.2) is 16.5 Å². The van der Waals surface area contributed by atoms with E-state index in [4.69, 9.17) is 4.42 Å². The number of carbonyl (C=O) groups is 1. The van der Waals surface area contributed by atoms with E-state index in [0.29, 0.717) is 26.5 Å². The van der Waals surface area contributed by atoms with Crippen molar-refractivity contribution in [3.63, 3.8) is 0 Å². The third-order valence-corrected chi connectivity index (χ3v) is 5.70. The third kappa shape index (κ3) is 4.32. The van der Waals surface area contributed by atoms with Crippen molar-refractivity contribution >= 4 is 33.7 Å². The zero-order valence-electron chi connectivity index (χ0n) is 14.5. The Morgan fingerprint density at radius 2 is 2.04 bits per heavy atom. The molecule has 0 aliphatic carbocycles. The predicted octanol–water partition coefficient (Wildman–Crippen LogP) is 4.86. The second kappa shape index (κ2) is 7.88. The van der Waals surface area contributed by atoms with E-state index in [1.807, 2.05) is 26.0 Å². The molecule has 0 bridgehead atoms. The first-order valence-electron chi connectivity index (χ1n) is 8.24. The zero-order valence-corrected chi connectivity index (χ0v) is 16.1. The Hall–Kier alpha value is -2.06. The SMILES string of the molecule is CCCCCc1nnc(NC(=O)c2sc(-c3ccc(C)o3)nc2C)s1. The number of aromatic nitrogens is 3. The number of carbonyl (C=O) groups excluding carboxylic acids is 1. The maximum absolute atomic E-state index is 12.5. The van der Waals surface area contributed by atoms with E-state index < -0.39 is 0 Å². The van der Waals surface area contributed by atoms with Crippen LogP contribution in [0, 0.1) is 13.8 Å². The molecule has 6 nitrogen and oxygen atoms in total. The molecule has 132 valence electrons. The van der Waals surface area contributed by atoms with Gasteiger partial charge in [0.2, 0.25) is 5.13 Å². The van der Waals surface area contributed by atoms with Gasteiger partial charge in [-0.15, -0.1) is 21.5 Å². The number of hydrogen-bond donors (Lipinski definition) is 1. The standard InChI is InChI=1S/C17H20N4O2S2/c1-4-5-6-7-13-20-21-17(24-13)19-15(22)14-11(3)18-16(25-14)12-9-8-10(2)23-12/h8-9H,4-7H2,1-3H3,(H,19,21,22). The molecule has 1 amide bonds. The summed E-state index contributed by atoms with van der Waals surface area (Å²) in [5, 5.41) is 13.2. The van der Waals surface area contributed by atoms with Crippen LogP contribution in [0.2, 0.25) is 0 Å². The summed E-state index contributed by atoms with van der Waals surface area (Å²) in [4.78, 5) is 17.5. The molecule has 3 aromatic heterocycles.